The maximum Gasteiger partial charge on any atom is 0.194 e. The van der Waals surface area contributed by atoms with Crippen LogP contribution in [0, 0.1) is 0 Å². The molecule has 0 unspecified atom stereocenters. The maximum atomic E-state index is 5.63. The summed E-state index contributed by atoms with van der Waals surface area (Å²) in [5.74, 6) is 2.47. The van der Waals surface area contributed by atoms with Crippen molar-refractivity contribution in [3.8, 4) is 11.5 Å². The van der Waals surface area contributed by atoms with Gasteiger partial charge in [-0.15, -0.1) is 0 Å². The number of rotatable bonds is 8. The predicted octanol–water partition coefficient (Wildman–Crippen LogP) is 2.57. The molecule has 0 amide bonds. The third kappa shape index (κ3) is 6.33. The van der Waals surface area contributed by atoms with Crippen molar-refractivity contribution < 1.29 is 9.47 Å². The average Bonchev–Trinajstić information content (AvgIpc) is 2.65. The average molecular weight is 342 g/mol. The fourth-order valence-electron chi connectivity index (χ4n) is 2.30. The molecule has 0 saturated carbocycles. The Balaban J connectivity index is 1.88. The second-order valence-electron chi connectivity index (χ2n) is 5.48. The summed E-state index contributed by atoms with van der Waals surface area (Å²) in [7, 11) is 3.69. The van der Waals surface area contributed by atoms with Crippen molar-refractivity contribution in [1.82, 2.24) is 15.2 Å². The SMILES string of the molecule is CCNC(=NCCOc1cccnc1)N(C)Cc1ccc(OC)cc1. The van der Waals surface area contributed by atoms with Crippen LogP contribution in [0.4, 0.5) is 0 Å². The first-order valence-corrected chi connectivity index (χ1v) is 8.38. The van der Waals surface area contributed by atoms with E-state index in [4.69, 9.17) is 9.47 Å². The van der Waals surface area contributed by atoms with Gasteiger partial charge in [0.05, 0.1) is 19.9 Å². The summed E-state index contributed by atoms with van der Waals surface area (Å²) < 4.78 is 10.8. The van der Waals surface area contributed by atoms with Gasteiger partial charge in [-0.25, -0.2) is 4.99 Å². The van der Waals surface area contributed by atoms with E-state index in [-0.39, 0.29) is 0 Å². The second kappa shape index (κ2) is 10.2. The molecule has 1 aromatic heterocycles. The summed E-state index contributed by atoms with van der Waals surface area (Å²) >= 11 is 0. The molecule has 6 nitrogen and oxygen atoms in total. The Morgan fingerprint density at radius 3 is 2.64 bits per heavy atom. The van der Waals surface area contributed by atoms with Crippen molar-refractivity contribution in [2.75, 3.05) is 33.9 Å². The van der Waals surface area contributed by atoms with Crippen LogP contribution < -0.4 is 14.8 Å². The van der Waals surface area contributed by atoms with Gasteiger partial charge in [0.1, 0.15) is 18.1 Å². The lowest BCUT2D eigenvalue weighted by Crippen LogP contribution is -2.38. The van der Waals surface area contributed by atoms with E-state index < -0.39 is 0 Å². The van der Waals surface area contributed by atoms with Gasteiger partial charge >= 0.3 is 0 Å². The van der Waals surface area contributed by atoms with E-state index in [0.29, 0.717) is 13.2 Å². The molecule has 0 aliphatic rings. The zero-order valence-electron chi connectivity index (χ0n) is 15.1. The topological polar surface area (TPSA) is 59.0 Å². The van der Waals surface area contributed by atoms with Crippen molar-refractivity contribution in [1.29, 1.82) is 0 Å². The van der Waals surface area contributed by atoms with Gasteiger partial charge in [0.25, 0.3) is 0 Å². The Labute approximate surface area is 149 Å². The van der Waals surface area contributed by atoms with Gasteiger partial charge in [-0.2, -0.15) is 0 Å². The number of benzene rings is 1. The number of guanidine groups is 1. The molecule has 0 fully saturated rings. The number of aliphatic imine (C=N–C) groups is 1. The summed E-state index contributed by atoms with van der Waals surface area (Å²) in [4.78, 5) is 10.7. The molecule has 2 aromatic rings. The van der Waals surface area contributed by atoms with Crippen LogP contribution in [0.2, 0.25) is 0 Å². The fraction of sp³-hybridized carbons (Fsp3) is 0.368. The van der Waals surface area contributed by atoms with E-state index in [2.05, 4.69) is 39.2 Å². The highest BCUT2D eigenvalue weighted by Gasteiger charge is 2.06. The molecule has 25 heavy (non-hydrogen) atoms. The smallest absolute Gasteiger partial charge is 0.194 e. The Morgan fingerprint density at radius 1 is 1.20 bits per heavy atom. The van der Waals surface area contributed by atoms with Gasteiger partial charge in [-0.1, -0.05) is 12.1 Å². The lowest BCUT2D eigenvalue weighted by molar-refractivity contribution is 0.326. The highest BCUT2D eigenvalue weighted by Crippen LogP contribution is 2.12. The summed E-state index contributed by atoms with van der Waals surface area (Å²) in [5.41, 5.74) is 1.19. The van der Waals surface area contributed by atoms with E-state index >= 15 is 0 Å². The Bertz CT molecular complexity index is 644. The van der Waals surface area contributed by atoms with Crippen LogP contribution in [-0.2, 0) is 6.54 Å². The highest BCUT2D eigenvalue weighted by atomic mass is 16.5. The van der Waals surface area contributed by atoms with E-state index in [1.807, 2.05) is 31.3 Å². The van der Waals surface area contributed by atoms with Crippen LogP contribution in [0.25, 0.3) is 0 Å². The van der Waals surface area contributed by atoms with E-state index in [0.717, 1.165) is 30.5 Å². The van der Waals surface area contributed by atoms with Crippen LogP contribution in [0.5, 0.6) is 11.5 Å². The minimum absolute atomic E-state index is 0.511. The van der Waals surface area contributed by atoms with Crippen LogP contribution >= 0.6 is 0 Å². The number of hydrogen-bond acceptors (Lipinski definition) is 4. The second-order valence-corrected chi connectivity index (χ2v) is 5.48. The first-order chi connectivity index (χ1) is 12.2. The maximum absolute atomic E-state index is 5.63. The molecule has 6 heteroatoms. The third-order valence-electron chi connectivity index (χ3n) is 3.53. The molecule has 0 aliphatic carbocycles. The van der Waals surface area contributed by atoms with Crippen molar-refractivity contribution in [3.63, 3.8) is 0 Å². The number of ether oxygens (including phenoxy) is 2. The van der Waals surface area contributed by atoms with Crippen molar-refractivity contribution in [3.05, 3.63) is 54.4 Å². The summed E-state index contributed by atoms with van der Waals surface area (Å²) in [6.07, 6.45) is 3.42. The minimum Gasteiger partial charge on any atom is -0.497 e. The van der Waals surface area contributed by atoms with Crippen molar-refractivity contribution in [2.45, 2.75) is 13.5 Å². The van der Waals surface area contributed by atoms with E-state index in [1.54, 1.807) is 19.5 Å². The van der Waals surface area contributed by atoms with Gasteiger partial charge in [0, 0.05) is 26.3 Å². The van der Waals surface area contributed by atoms with Crippen LogP contribution in [0.1, 0.15) is 12.5 Å². The number of pyridine rings is 1. The first kappa shape index (κ1) is 18.6. The Kier molecular flexibility index (Phi) is 7.56. The fourth-order valence-corrected chi connectivity index (χ4v) is 2.30. The van der Waals surface area contributed by atoms with Crippen molar-refractivity contribution >= 4 is 5.96 Å². The number of nitrogens with one attached hydrogen (secondary N) is 1. The molecule has 2 rings (SSSR count). The van der Waals surface area contributed by atoms with Gasteiger partial charge < -0.3 is 19.7 Å². The molecular weight excluding hydrogens is 316 g/mol. The zero-order chi connectivity index (χ0) is 17.9. The first-order valence-electron chi connectivity index (χ1n) is 8.38. The predicted molar refractivity (Wildman–Crippen MR) is 100 cm³/mol. The van der Waals surface area contributed by atoms with Crippen molar-refractivity contribution in [2.24, 2.45) is 4.99 Å². The van der Waals surface area contributed by atoms with Gasteiger partial charge in [-0.3, -0.25) is 4.98 Å². The summed E-state index contributed by atoms with van der Waals surface area (Å²) in [6, 6.07) is 11.8. The molecule has 0 saturated heterocycles. The lowest BCUT2D eigenvalue weighted by atomic mass is 10.2. The van der Waals surface area contributed by atoms with Crippen LogP contribution in [0.3, 0.4) is 0 Å². The molecule has 1 aromatic carbocycles. The summed E-state index contributed by atoms with van der Waals surface area (Å²) in [5, 5.41) is 3.31. The summed E-state index contributed by atoms with van der Waals surface area (Å²) in [6.45, 7) is 4.72. The standard InChI is InChI=1S/C19H26N4O2/c1-4-21-19(22-12-13-25-18-6-5-11-20-14-18)23(2)15-16-7-9-17(24-3)10-8-16/h5-11,14H,4,12-13,15H2,1-3H3,(H,21,22). The van der Waals surface area contributed by atoms with Gasteiger partial charge in [0.2, 0.25) is 0 Å². The molecule has 1 N–H and O–H groups in total. The van der Waals surface area contributed by atoms with E-state index in [1.165, 1.54) is 5.56 Å². The van der Waals surface area contributed by atoms with Crippen LogP contribution in [0.15, 0.2) is 53.8 Å². The largest absolute Gasteiger partial charge is 0.497 e. The highest BCUT2D eigenvalue weighted by molar-refractivity contribution is 5.79. The quantitative estimate of drug-likeness (QED) is 0.454. The normalized spacial score (nSPS) is 11.1. The minimum atomic E-state index is 0.511. The Morgan fingerprint density at radius 2 is 2.00 bits per heavy atom. The molecule has 0 aliphatic heterocycles. The molecule has 1 heterocycles. The van der Waals surface area contributed by atoms with Crippen LogP contribution in [-0.4, -0.2) is 49.7 Å². The van der Waals surface area contributed by atoms with Gasteiger partial charge in [0.15, 0.2) is 5.96 Å². The third-order valence-corrected chi connectivity index (χ3v) is 3.53. The Hall–Kier alpha value is -2.76. The monoisotopic (exact) mass is 342 g/mol. The molecule has 0 bridgehead atoms. The number of nitrogens with zero attached hydrogens (tertiary/aromatic N) is 3. The molecule has 0 radical (unpaired) electrons. The zero-order valence-corrected chi connectivity index (χ0v) is 15.1. The van der Waals surface area contributed by atoms with Gasteiger partial charge in [-0.05, 0) is 36.8 Å². The lowest BCUT2D eigenvalue weighted by Gasteiger charge is -2.22. The number of aromatic nitrogens is 1. The number of methoxy groups -OCH3 is 1. The molecule has 0 atom stereocenters. The van der Waals surface area contributed by atoms with E-state index in [9.17, 15) is 0 Å². The molecule has 0 spiro atoms. The number of hydrogen-bond donors (Lipinski definition) is 1. The molecule has 134 valence electrons. The molecular formula is C19H26N4O2.